The lowest BCUT2D eigenvalue weighted by atomic mass is 10.1. The summed E-state index contributed by atoms with van der Waals surface area (Å²) < 4.78 is 10.9. The molecular weight excluding hydrogens is 324 g/mol. The smallest absolute Gasteiger partial charge is 0.343 e. The van der Waals surface area contributed by atoms with Crippen molar-refractivity contribution >= 4 is 18.1 Å². The molecule has 0 aromatic heterocycles. The van der Waals surface area contributed by atoms with Gasteiger partial charge in [0.1, 0.15) is 0 Å². The van der Waals surface area contributed by atoms with E-state index < -0.39 is 5.97 Å². The van der Waals surface area contributed by atoms with E-state index in [2.05, 4.69) is 0 Å². The summed E-state index contributed by atoms with van der Waals surface area (Å²) in [6.07, 6.45) is 4.01. The van der Waals surface area contributed by atoms with E-state index in [1.54, 1.807) is 19.2 Å². The van der Waals surface area contributed by atoms with Crippen LogP contribution in [-0.2, 0) is 0 Å². The minimum absolute atomic E-state index is 0.394. The fourth-order valence-electron chi connectivity index (χ4n) is 2.59. The van der Waals surface area contributed by atoms with Gasteiger partial charge in [-0.25, -0.2) is 4.79 Å². The molecule has 0 aliphatic carbocycles. The van der Waals surface area contributed by atoms with Crippen molar-refractivity contribution in [3.63, 3.8) is 0 Å². The van der Waals surface area contributed by atoms with Crippen LogP contribution in [0.25, 0.3) is 12.2 Å². The number of ether oxygens (including phenoxy) is 2. The Morgan fingerprint density at radius 3 is 2.23 bits per heavy atom. The van der Waals surface area contributed by atoms with Gasteiger partial charge in [-0.3, -0.25) is 0 Å². The average molecular weight is 344 g/mol. The van der Waals surface area contributed by atoms with Crippen LogP contribution in [0, 0.1) is 6.92 Å². The quantitative estimate of drug-likeness (QED) is 0.353. The van der Waals surface area contributed by atoms with E-state index in [-0.39, 0.29) is 0 Å². The van der Waals surface area contributed by atoms with Crippen LogP contribution in [0.3, 0.4) is 0 Å². The number of methoxy groups -OCH3 is 1. The number of carbonyl (C=O) groups excluding carboxylic acids is 1. The van der Waals surface area contributed by atoms with Gasteiger partial charge >= 0.3 is 5.97 Å². The number of rotatable bonds is 5. The molecule has 0 fully saturated rings. The first-order valence-electron chi connectivity index (χ1n) is 8.36. The van der Waals surface area contributed by atoms with Gasteiger partial charge in [-0.1, -0.05) is 66.7 Å². The van der Waals surface area contributed by atoms with Crippen molar-refractivity contribution in [3.8, 4) is 11.5 Å². The van der Waals surface area contributed by atoms with Crippen molar-refractivity contribution in [1.29, 1.82) is 0 Å². The summed E-state index contributed by atoms with van der Waals surface area (Å²) in [5.41, 5.74) is 3.49. The summed E-state index contributed by atoms with van der Waals surface area (Å²) >= 11 is 0. The lowest BCUT2D eigenvalue weighted by Gasteiger charge is -2.11. The molecule has 0 saturated heterocycles. The van der Waals surface area contributed by atoms with E-state index in [1.807, 2.05) is 79.7 Å². The Labute approximate surface area is 153 Å². The van der Waals surface area contributed by atoms with Crippen LogP contribution in [-0.4, -0.2) is 13.1 Å². The molecular formula is C23H20O3. The molecule has 0 N–H and O–H groups in total. The summed E-state index contributed by atoms with van der Waals surface area (Å²) in [4.78, 5) is 12.4. The van der Waals surface area contributed by atoms with E-state index in [0.29, 0.717) is 17.1 Å². The maximum Gasteiger partial charge on any atom is 0.343 e. The van der Waals surface area contributed by atoms with Crippen molar-refractivity contribution in [2.24, 2.45) is 0 Å². The zero-order valence-corrected chi connectivity index (χ0v) is 14.8. The van der Waals surface area contributed by atoms with E-state index >= 15 is 0 Å². The molecule has 0 bridgehead atoms. The van der Waals surface area contributed by atoms with Crippen molar-refractivity contribution in [2.45, 2.75) is 6.92 Å². The first-order valence-corrected chi connectivity index (χ1v) is 8.36. The summed E-state index contributed by atoms with van der Waals surface area (Å²) in [7, 11) is 1.56. The number of hydrogen-bond donors (Lipinski definition) is 0. The SMILES string of the molecule is COc1cc(/C=C/c2ccccc2)ccc1OC(=O)c1ccccc1C. The molecule has 0 saturated carbocycles. The molecule has 0 aliphatic rings. The van der Waals surface area contributed by atoms with Crippen LogP contribution < -0.4 is 9.47 Å². The molecule has 0 amide bonds. The molecule has 3 aromatic carbocycles. The van der Waals surface area contributed by atoms with Gasteiger partial charge in [-0.15, -0.1) is 0 Å². The third-order valence-corrected chi connectivity index (χ3v) is 4.02. The number of aryl methyl sites for hydroxylation is 1. The Hall–Kier alpha value is -3.33. The molecule has 0 aliphatic heterocycles. The van der Waals surface area contributed by atoms with Gasteiger partial charge in [-0.05, 0) is 41.8 Å². The monoisotopic (exact) mass is 344 g/mol. The molecule has 26 heavy (non-hydrogen) atoms. The highest BCUT2D eigenvalue weighted by molar-refractivity contribution is 5.92. The van der Waals surface area contributed by atoms with Gasteiger partial charge in [-0.2, -0.15) is 0 Å². The highest BCUT2D eigenvalue weighted by atomic mass is 16.6. The average Bonchev–Trinajstić information content (AvgIpc) is 2.68. The highest BCUT2D eigenvalue weighted by Gasteiger charge is 2.14. The standard InChI is InChI=1S/C23H20O3/c1-17-8-6-7-11-20(17)23(24)26-21-15-14-19(16-22(21)25-2)13-12-18-9-4-3-5-10-18/h3-16H,1-2H3/b13-12+. The second-order valence-electron chi connectivity index (χ2n) is 5.86. The molecule has 3 rings (SSSR count). The Bertz CT molecular complexity index is 927. The zero-order chi connectivity index (χ0) is 18.4. The van der Waals surface area contributed by atoms with E-state index in [0.717, 1.165) is 16.7 Å². The maximum atomic E-state index is 12.4. The Morgan fingerprint density at radius 1 is 0.808 bits per heavy atom. The molecule has 3 nitrogen and oxygen atoms in total. The Morgan fingerprint density at radius 2 is 1.50 bits per heavy atom. The van der Waals surface area contributed by atoms with Gasteiger partial charge in [0.15, 0.2) is 11.5 Å². The second kappa shape index (κ2) is 8.17. The molecule has 3 aromatic rings. The molecule has 0 radical (unpaired) electrons. The summed E-state index contributed by atoms with van der Waals surface area (Å²) in [5, 5.41) is 0. The number of esters is 1. The van der Waals surface area contributed by atoms with Crippen LogP contribution in [0.15, 0.2) is 72.8 Å². The third-order valence-electron chi connectivity index (χ3n) is 4.02. The predicted octanol–water partition coefficient (Wildman–Crippen LogP) is 5.39. The minimum atomic E-state index is -0.394. The number of carbonyl (C=O) groups is 1. The topological polar surface area (TPSA) is 35.5 Å². The number of hydrogen-bond acceptors (Lipinski definition) is 3. The van der Waals surface area contributed by atoms with Gasteiger partial charge in [0, 0.05) is 0 Å². The van der Waals surface area contributed by atoms with Crippen LogP contribution >= 0.6 is 0 Å². The normalized spacial score (nSPS) is 10.7. The largest absolute Gasteiger partial charge is 0.493 e. The van der Waals surface area contributed by atoms with Crippen LogP contribution in [0.5, 0.6) is 11.5 Å². The van der Waals surface area contributed by atoms with Gasteiger partial charge in [0.05, 0.1) is 12.7 Å². The molecule has 0 atom stereocenters. The molecule has 130 valence electrons. The first kappa shape index (κ1) is 17.5. The summed E-state index contributed by atoms with van der Waals surface area (Å²) in [5.74, 6) is 0.522. The fourth-order valence-corrected chi connectivity index (χ4v) is 2.59. The van der Waals surface area contributed by atoms with Crippen molar-refractivity contribution in [1.82, 2.24) is 0 Å². The van der Waals surface area contributed by atoms with Crippen molar-refractivity contribution in [3.05, 3.63) is 95.1 Å². The number of benzene rings is 3. The van der Waals surface area contributed by atoms with Crippen molar-refractivity contribution in [2.75, 3.05) is 7.11 Å². The Balaban J connectivity index is 1.80. The molecule has 0 unspecified atom stereocenters. The first-order chi connectivity index (χ1) is 12.7. The van der Waals surface area contributed by atoms with Crippen LogP contribution in [0.1, 0.15) is 27.0 Å². The van der Waals surface area contributed by atoms with Crippen LogP contribution in [0.2, 0.25) is 0 Å². The van der Waals surface area contributed by atoms with Crippen molar-refractivity contribution < 1.29 is 14.3 Å². The van der Waals surface area contributed by atoms with E-state index in [9.17, 15) is 4.79 Å². The lowest BCUT2D eigenvalue weighted by Crippen LogP contribution is -2.10. The lowest BCUT2D eigenvalue weighted by molar-refractivity contribution is 0.0729. The maximum absolute atomic E-state index is 12.4. The third kappa shape index (κ3) is 4.19. The molecule has 3 heteroatoms. The summed E-state index contributed by atoms with van der Waals surface area (Å²) in [6.45, 7) is 1.88. The summed E-state index contributed by atoms with van der Waals surface area (Å²) in [6, 6.07) is 22.9. The van der Waals surface area contributed by atoms with Gasteiger partial charge in [0.2, 0.25) is 0 Å². The van der Waals surface area contributed by atoms with Crippen LogP contribution in [0.4, 0.5) is 0 Å². The van der Waals surface area contributed by atoms with Gasteiger partial charge in [0.25, 0.3) is 0 Å². The highest BCUT2D eigenvalue weighted by Crippen LogP contribution is 2.29. The fraction of sp³-hybridized carbons (Fsp3) is 0.0870. The Kier molecular flexibility index (Phi) is 5.49. The molecule has 0 spiro atoms. The van der Waals surface area contributed by atoms with E-state index in [4.69, 9.17) is 9.47 Å². The van der Waals surface area contributed by atoms with E-state index in [1.165, 1.54) is 0 Å². The van der Waals surface area contributed by atoms with Gasteiger partial charge < -0.3 is 9.47 Å². The second-order valence-corrected chi connectivity index (χ2v) is 5.86. The zero-order valence-electron chi connectivity index (χ0n) is 14.8. The molecule has 0 heterocycles. The predicted molar refractivity (Wildman–Crippen MR) is 105 cm³/mol. The minimum Gasteiger partial charge on any atom is -0.493 e.